The number of aromatic nitrogens is 2. The summed E-state index contributed by atoms with van der Waals surface area (Å²) >= 11 is 0. The predicted molar refractivity (Wildman–Crippen MR) is 160 cm³/mol. The highest BCUT2D eigenvalue weighted by atomic mass is 32.2. The van der Waals surface area contributed by atoms with Crippen LogP contribution in [-0.4, -0.2) is 66.7 Å². The normalized spacial score (nSPS) is 15.1. The first-order chi connectivity index (χ1) is 18.5. The van der Waals surface area contributed by atoms with Gasteiger partial charge in [-0.05, 0) is 69.8 Å². The van der Waals surface area contributed by atoms with Crippen molar-refractivity contribution in [2.45, 2.75) is 66.3 Å². The molecule has 39 heavy (non-hydrogen) atoms. The minimum absolute atomic E-state index is 0.295. The minimum atomic E-state index is -3.74. The molecule has 0 atom stereocenters. The summed E-state index contributed by atoms with van der Waals surface area (Å²) < 4.78 is 32.4. The Morgan fingerprint density at radius 3 is 2.13 bits per heavy atom. The van der Waals surface area contributed by atoms with Crippen molar-refractivity contribution in [1.29, 1.82) is 0 Å². The summed E-state index contributed by atoms with van der Waals surface area (Å²) in [6.45, 7) is 19.8. The molecule has 0 spiro atoms. The Kier molecular flexibility index (Phi) is 9.19. The van der Waals surface area contributed by atoms with Gasteiger partial charge in [0.2, 0.25) is 10.0 Å². The van der Waals surface area contributed by atoms with E-state index in [0.717, 1.165) is 78.6 Å². The molecule has 1 aliphatic rings. The van der Waals surface area contributed by atoms with Crippen molar-refractivity contribution in [3.05, 3.63) is 70.4 Å². The minimum Gasteiger partial charge on any atom is -0.354 e. The van der Waals surface area contributed by atoms with E-state index in [1.807, 2.05) is 62.7 Å². The number of anilines is 1. The van der Waals surface area contributed by atoms with Gasteiger partial charge in [-0.1, -0.05) is 56.7 Å². The Hall–Kier alpha value is -2.68. The zero-order valence-electron chi connectivity index (χ0n) is 24.7. The molecule has 2 heterocycles. The fourth-order valence-corrected chi connectivity index (χ4v) is 7.48. The number of rotatable bonds is 10. The SMILES string of the molecule is CCN1CCN(c2c(CN(CCC(C)C)S(=O)(=O)c3c(C)cc(C)cc3C)c(C)nn2-c2ccccc2)CC1. The summed E-state index contributed by atoms with van der Waals surface area (Å²) in [7, 11) is -3.74. The Labute approximate surface area is 235 Å². The van der Waals surface area contributed by atoms with Gasteiger partial charge in [-0.15, -0.1) is 0 Å². The van der Waals surface area contributed by atoms with Crippen LogP contribution in [0.1, 0.15) is 55.1 Å². The summed E-state index contributed by atoms with van der Waals surface area (Å²) in [4.78, 5) is 5.28. The highest BCUT2D eigenvalue weighted by Crippen LogP contribution is 2.33. The van der Waals surface area contributed by atoms with Gasteiger partial charge in [-0.25, -0.2) is 13.1 Å². The van der Waals surface area contributed by atoms with E-state index in [4.69, 9.17) is 5.10 Å². The zero-order chi connectivity index (χ0) is 28.3. The van der Waals surface area contributed by atoms with Gasteiger partial charge in [-0.3, -0.25) is 0 Å². The molecular weight excluding hydrogens is 506 g/mol. The van der Waals surface area contributed by atoms with Crippen molar-refractivity contribution in [2.75, 3.05) is 44.2 Å². The summed E-state index contributed by atoms with van der Waals surface area (Å²) in [6.07, 6.45) is 0.791. The van der Waals surface area contributed by atoms with E-state index in [2.05, 4.69) is 42.7 Å². The zero-order valence-corrected chi connectivity index (χ0v) is 25.6. The summed E-state index contributed by atoms with van der Waals surface area (Å²) in [6, 6.07) is 14.1. The molecule has 212 valence electrons. The number of hydrogen-bond acceptors (Lipinski definition) is 5. The molecule has 3 aromatic rings. The summed E-state index contributed by atoms with van der Waals surface area (Å²) in [5.41, 5.74) is 5.52. The van der Waals surface area contributed by atoms with Gasteiger partial charge in [0.25, 0.3) is 0 Å². The predicted octanol–water partition coefficient (Wildman–Crippen LogP) is 5.48. The van der Waals surface area contributed by atoms with Gasteiger partial charge in [0.15, 0.2) is 0 Å². The van der Waals surface area contributed by atoms with E-state index >= 15 is 0 Å². The lowest BCUT2D eigenvalue weighted by Gasteiger charge is -2.36. The second-order valence-electron chi connectivity index (χ2n) is 11.3. The quantitative estimate of drug-likeness (QED) is 0.334. The number of hydrogen-bond donors (Lipinski definition) is 0. The third kappa shape index (κ3) is 6.39. The van der Waals surface area contributed by atoms with E-state index in [0.29, 0.717) is 23.9 Å². The molecule has 1 aromatic heterocycles. The second-order valence-corrected chi connectivity index (χ2v) is 13.2. The fraction of sp³-hybridized carbons (Fsp3) is 0.516. The number of piperazine rings is 1. The van der Waals surface area contributed by atoms with Crippen LogP contribution in [0.3, 0.4) is 0 Å². The first kappa shape index (κ1) is 29.3. The maximum absolute atomic E-state index is 14.3. The van der Waals surface area contributed by atoms with Crippen LogP contribution in [0.5, 0.6) is 0 Å². The van der Waals surface area contributed by atoms with Crippen LogP contribution in [0.4, 0.5) is 5.82 Å². The first-order valence-electron chi connectivity index (χ1n) is 14.2. The standard InChI is InChI=1S/C31H45N5O2S/c1-8-33-16-18-34(19-17-33)31-29(27(7)32-36(31)28-12-10-9-11-13-28)22-35(15-14-23(2)3)39(37,38)30-25(5)20-24(4)21-26(30)6/h9-13,20-21,23H,8,14-19,22H2,1-7H3. The molecule has 7 nitrogen and oxygen atoms in total. The molecule has 0 N–H and O–H groups in total. The highest BCUT2D eigenvalue weighted by molar-refractivity contribution is 7.89. The Morgan fingerprint density at radius 1 is 0.949 bits per heavy atom. The first-order valence-corrected chi connectivity index (χ1v) is 15.7. The maximum atomic E-state index is 14.3. The smallest absolute Gasteiger partial charge is 0.243 e. The molecule has 0 aliphatic carbocycles. The molecule has 0 amide bonds. The van der Waals surface area contributed by atoms with Gasteiger partial charge in [-0.2, -0.15) is 9.40 Å². The van der Waals surface area contributed by atoms with Crippen LogP contribution in [0.15, 0.2) is 47.4 Å². The van der Waals surface area contributed by atoms with Crippen LogP contribution in [0.2, 0.25) is 0 Å². The van der Waals surface area contributed by atoms with Crippen molar-refractivity contribution >= 4 is 15.8 Å². The molecule has 0 saturated carbocycles. The van der Waals surface area contributed by atoms with E-state index in [1.165, 1.54) is 0 Å². The molecule has 1 saturated heterocycles. The molecule has 0 radical (unpaired) electrons. The third-order valence-electron chi connectivity index (χ3n) is 7.77. The monoisotopic (exact) mass is 551 g/mol. The molecule has 0 bridgehead atoms. The summed E-state index contributed by atoms with van der Waals surface area (Å²) in [5, 5.41) is 4.98. The topological polar surface area (TPSA) is 61.7 Å². The number of likely N-dealkylation sites (N-methyl/N-ethyl adjacent to an activating group) is 1. The number of sulfonamides is 1. The molecule has 8 heteroatoms. The number of aryl methyl sites for hydroxylation is 4. The summed E-state index contributed by atoms with van der Waals surface area (Å²) in [5.74, 6) is 1.40. The average Bonchev–Trinajstić information content (AvgIpc) is 3.21. The Morgan fingerprint density at radius 2 is 1.56 bits per heavy atom. The van der Waals surface area contributed by atoms with Crippen molar-refractivity contribution in [3.8, 4) is 5.69 Å². The van der Waals surface area contributed by atoms with Crippen LogP contribution in [-0.2, 0) is 16.6 Å². The van der Waals surface area contributed by atoms with E-state index in [-0.39, 0.29) is 0 Å². The highest BCUT2D eigenvalue weighted by Gasteiger charge is 2.32. The average molecular weight is 552 g/mol. The molecule has 4 rings (SSSR count). The van der Waals surface area contributed by atoms with Crippen LogP contribution in [0.25, 0.3) is 5.69 Å². The lowest BCUT2D eigenvalue weighted by molar-refractivity contribution is 0.269. The van der Waals surface area contributed by atoms with Crippen molar-refractivity contribution < 1.29 is 8.42 Å². The molecule has 2 aromatic carbocycles. The Balaban J connectivity index is 1.82. The lowest BCUT2D eigenvalue weighted by Crippen LogP contribution is -2.47. The van der Waals surface area contributed by atoms with Crippen molar-refractivity contribution in [3.63, 3.8) is 0 Å². The van der Waals surface area contributed by atoms with Gasteiger partial charge in [0.1, 0.15) is 5.82 Å². The van der Waals surface area contributed by atoms with Gasteiger partial charge >= 0.3 is 0 Å². The Bertz CT molecular complexity index is 1350. The molecule has 0 unspecified atom stereocenters. The molecular formula is C31H45N5O2S. The fourth-order valence-electron chi connectivity index (χ4n) is 5.65. The van der Waals surface area contributed by atoms with Crippen molar-refractivity contribution in [1.82, 2.24) is 19.0 Å². The van der Waals surface area contributed by atoms with Crippen molar-refractivity contribution in [2.24, 2.45) is 5.92 Å². The molecule has 1 fully saturated rings. The maximum Gasteiger partial charge on any atom is 0.243 e. The molecule has 1 aliphatic heterocycles. The third-order valence-corrected chi connectivity index (χ3v) is 9.92. The van der Waals surface area contributed by atoms with Crippen LogP contribution in [0, 0.1) is 33.6 Å². The van der Waals surface area contributed by atoms with Gasteiger partial charge < -0.3 is 9.80 Å². The number of para-hydroxylation sites is 1. The van der Waals surface area contributed by atoms with Crippen LogP contribution >= 0.6 is 0 Å². The van der Waals surface area contributed by atoms with E-state index in [9.17, 15) is 8.42 Å². The van der Waals surface area contributed by atoms with E-state index < -0.39 is 10.0 Å². The van der Waals surface area contributed by atoms with Gasteiger partial charge in [0, 0.05) is 44.8 Å². The number of benzene rings is 2. The van der Waals surface area contributed by atoms with Gasteiger partial charge in [0.05, 0.1) is 16.3 Å². The van der Waals surface area contributed by atoms with E-state index in [1.54, 1.807) is 4.31 Å². The second kappa shape index (κ2) is 12.2. The number of nitrogens with zero attached hydrogens (tertiary/aromatic N) is 5. The lowest BCUT2D eigenvalue weighted by atomic mass is 10.1. The van der Waals surface area contributed by atoms with Crippen LogP contribution < -0.4 is 4.90 Å². The largest absolute Gasteiger partial charge is 0.354 e.